The molecule has 0 aliphatic rings. The van der Waals surface area contributed by atoms with Gasteiger partial charge in [0.1, 0.15) is 11.5 Å². The molecule has 0 amide bonds. The number of methoxy groups -OCH3 is 2. The number of nitrogens with one attached hydrogen (secondary N) is 1. The van der Waals surface area contributed by atoms with Crippen LogP contribution in [0.25, 0.3) is 0 Å². The lowest BCUT2D eigenvalue weighted by atomic mass is 9.82. The van der Waals surface area contributed by atoms with Gasteiger partial charge in [-0.15, -0.1) is 0 Å². The van der Waals surface area contributed by atoms with Gasteiger partial charge in [-0.2, -0.15) is 0 Å². The van der Waals surface area contributed by atoms with E-state index in [4.69, 9.17) is 9.47 Å². The maximum atomic E-state index is 5.39. The van der Waals surface area contributed by atoms with Crippen LogP contribution < -0.4 is 14.8 Å². The molecule has 0 spiro atoms. The van der Waals surface area contributed by atoms with Gasteiger partial charge in [-0.1, -0.05) is 33.8 Å². The third kappa shape index (κ3) is 4.75. The average Bonchev–Trinajstić information content (AvgIpc) is 2.37. The molecule has 1 atom stereocenters. The SMILES string of the molecule is COc1ccc(CNCC(C)C(C)(C)C)c(OC)c1. The monoisotopic (exact) mass is 265 g/mol. The molecule has 1 N–H and O–H groups in total. The first kappa shape index (κ1) is 15.8. The van der Waals surface area contributed by atoms with Crippen molar-refractivity contribution in [3.05, 3.63) is 23.8 Å². The van der Waals surface area contributed by atoms with Crippen LogP contribution in [0.15, 0.2) is 18.2 Å². The number of hydrogen-bond donors (Lipinski definition) is 1. The van der Waals surface area contributed by atoms with Gasteiger partial charge in [-0.25, -0.2) is 0 Å². The van der Waals surface area contributed by atoms with Crippen molar-refractivity contribution < 1.29 is 9.47 Å². The molecule has 0 aliphatic carbocycles. The van der Waals surface area contributed by atoms with E-state index in [2.05, 4.69) is 33.0 Å². The number of rotatable bonds is 6. The summed E-state index contributed by atoms with van der Waals surface area (Å²) in [7, 11) is 3.35. The van der Waals surface area contributed by atoms with Crippen LogP contribution in [0.5, 0.6) is 11.5 Å². The van der Waals surface area contributed by atoms with Crippen LogP contribution in [0.2, 0.25) is 0 Å². The Morgan fingerprint density at radius 2 is 1.84 bits per heavy atom. The second-order valence-corrected chi connectivity index (χ2v) is 6.08. The molecule has 1 aromatic carbocycles. The van der Waals surface area contributed by atoms with E-state index < -0.39 is 0 Å². The Morgan fingerprint density at radius 3 is 2.37 bits per heavy atom. The molecule has 1 rings (SSSR count). The third-order valence-electron chi connectivity index (χ3n) is 3.74. The van der Waals surface area contributed by atoms with Gasteiger partial charge in [0.2, 0.25) is 0 Å². The normalized spacial score (nSPS) is 13.2. The molecule has 19 heavy (non-hydrogen) atoms. The first-order valence-corrected chi connectivity index (χ1v) is 6.80. The van der Waals surface area contributed by atoms with Crippen molar-refractivity contribution in [1.82, 2.24) is 5.32 Å². The Kier molecular flexibility index (Phi) is 5.67. The number of benzene rings is 1. The molecule has 0 bridgehead atoms. The smallest absolute Gasteiger partial charge is 0.127 e. The average molecular weight is 265 g/mol. The molecule has 3 heteroatoms. The van der Waals surface area contributed by atoms with E-state index in [1.807, 2.05) is 18.2 Å². The molecule has 0 fully saturated rings. The predicted molar refractivity (Wildman–Crippen MR) is 79.9 cm³/mol. The van der Waals surface area contributed by atoms with Gasteiger partial charge in [0.25, 0.3) is 0 Å². The van der Waals surface area contributed by atoms with Gasteiger partial charge in [0, 0.05) is 18.2 Å². The van der Waals surface area contributed by atoms with E-state index in [0.29, 0.717) is 11.3 Å². The van der Waals surface area contributed by atoms with Gasteiger partial charge >= 0.3 is 0 Å². The standard InChI is InChI=1S/C16H27NO2/c1-12(16(2,3)4)10-17-11-13-7-8-14(18-5)9-15(13)19-6/h7-9,12,17H,10-11H2,1-6H3. The van der Waals surface area contributed by atoms with Crippen molar-refractivity contribution in [1.29, 1.82) is 0 Å². The van der Waals surface area contributed by atoms with Crippen molar-refractivity contribution in [2.24, 2.45) is 11.3 Å². The zero-order valence-electron chi connectivity index (χ0n) is 13.0. The van der Waals surface area contributed by atoms with Crippen LogP contribution in [0.1, 0.15) is 33.3 Å². The van der Waals surface area contributed by atoms with E-state index in [1.54, 1.807) is 14.2 Å². The highest BCUT2D eigenvalue weighted by Crippen LogP contribution is 2.26. The van der Waals surface area contributed by atoms with Crippen LogP contribution in [-0.2, 0) is 6.54 Å². The molecule has 0 radical (unpaired) electrons. The largest absolute Gasteiger partial charge is 0.497 e. The third-order valence-corrected chi connectivity index (χ3v) is 3.74. The lowest BCUT2D eigenvalue weighted by Crippen LogP contribution is -2.29. The lowest BCUT2D eigenvalue weighted by Gasteiger charge is -2.27. The van der Waals surface area contributed by atoms with Crippen molar-refractivity contribution in [3.63, 3.8) is 0 Å². The highest BCUT2D eigenvalue weighted by molar-refractivity contribution is 5.40. The lowest BCUT2D eigenvalue weighted by molar-refractivity contribution is 0.252. The summed E-state index contributed by atoms with van der Waals surface area (Å²) >= 11 is 0. The Labute approximate surface area is 117 Å². The van der Waals surface area contributed by atoms with Gasteiger partial charge in [0.15, 0.2) is 0 Å². The van der Waals surface area contributed by atoms with E-state index in [0.717, 1.165) is 30.2 Å². The second-order valence-electron chi connectivity index (χ2n) is 6.08. The first-order valence-electron chi connectivity index (χ1n) is 6.80. The maximum Gasteiger partial charge on any atom is 0.127 e. The molecule has 0 saturated carbocycles. The first-order chi connectivity index (χ1) is 8.88. The topological polar surface area (TPSA) is 30.5 Å². The van der Waals surface area contributed by atoms with E-state index in [-0.39, 0.29) is 0 Å². The molecule has 3 nitrogen and oxygen atoms in total. The highest BCUT2D eigenvalue weighted by Gasteiger charge is 2.19. The molecule has 108 valence electrons. The molecule has 0 saturated heterocycles. The fourth-order valence-electron chi connectivity index (χ4n) is 1.73. The summed E-state index contributed by atoms with van der Waals surface area (Å²) in [5.41, 5.74) is 1.49. The fourth-order valence-corrected chi connectivity index (χ4v) is 1.73. The minimum absolute atomic E-state index is 0.330. The number of ether oxygens (including phenoxy) is 2. The van der Waals surface area contributed by atoms with Crippen molar-refractivity contribution in [2.75, 3.05) is 20.8 Å². The zero-order chi connectivity index (χ0) is 14.5. The van der Waals surface area contributed by atoms with E-state index >= 15 is 0 Å². The van der Waals surface area contributed by atoms with Crippen LogP contribution in [0.4, 0.5) is 0 Å². The molecular formula is C16H27NO2. The summed E-state index contributed by atoms with van der Waals surface area (Å²) in [5, 5.41) is 3.50. The Bertz CT molecular complexity index is 396. The van der Waals surface area contributed by atoms with Crippen molar-refractivity contribution in [3.8, 4) is 11.5 Å². The summed E-state index contributed by atoms with van der Waals surface area (Å²) in [6.45, 7) is 10.9. The van der Waals surface area contributed by atoms with E-state index in [1.165, 1.54) is 0 Å². The summed E-state index contributed by atoms with van der Waals surface area (Å²) in [6, 6.07) is 5.93. The van der Waals surface area contributed by atoms with Crippen molar-refractivity contribution in [2.45, 2.75) is 34.2 Å². The molecule has 0 heterocycles. The predicted octanol–water partition coefficient (Wildman–Crippen LogP) is 3.48. The van der Waals surface area contributed by atoms with Crippen LogP contribution >= 0.6 is 0 Å². The van der Waals surface area contributed by atoms with E-state index in [9.17, 15) is 0 Å². The van der Waals surface area contributed by atoms with Gasteiger partial charge < -0.3 is 14.8 Å². The summed E-state index contributed by atoms with van der Waals surface area (Å²) in [5.74, 6) is 2.32. The Morgan fingerprint density at radius 1 is 1.16 bits per heavy atom. The minimum Gasteiger partial charge on any atom is -0.497 e. The van der Waals surface area contributed by atoms with Crippen LogP contribution in [0.3, 0.4) is 0 Å². The Balaban J connectivity index is 2.58. The summed E-state index contributed by atoms with van der Waals surface area (Å²) < 4.78 is 10.6. The quantitative estimate of drug-likeness (QED) is 0.854. The molecule has 0 aromatic heterocycles. The second kappa shape index (κ2) is 6.80. The van der Waals surface area contributed by atoms with Crippen molar-refractivity contribution >= 4 is 0 Å². The fraction of sp³-hybridized carbons (Fsp3) is 0.625. The minimum atomic E-state index is 0.330. The van der Waals surface area contributed by atoms with Crippen LogP contribution in [0, 0.1) is 11.3 Å². The molecule has 0 aliphatic heterocycles. The van der Waals surface area contributed by atoms with Gasteiger partial charge in [0.05, 0.1) is 14.2 Å². The summed E-state index contributed by atoms with van der Waals surface area (Å²) in [4.78, 5) is 0. The molecule has 1 unspecified atom stereocenters. The van der Waals surface area contributed by atoms with Crippen LogP contribution in [-0.4, -0.2) is 20.8 Å². The summed E-state index contributed by atoms with van der Waals surface area (Å²) in [6.07, 6.45) is 0. The highest BCUT2D eigenvalue weighted by atomic mass is 16.5. The Hall–Kier alpha value is -1.22. The maximum absolute atomic E-state index is 5.39. The number of hydrogen-bond acceptors (Lipinski definition) is 3. The molecule has 1 aromatic rings. The zero-order valence-corrected chi connectivity index (χ0v) is 13.0. The molecular weight excluding hydrogens is 238 g/mol. The van der Waals surface area contributed by atoms with Gasteiger partial charge in [-0.05, 0) is 23.9 Å². The van der Waals surface area contributed by atoms with Gasteiger partial charge in [-0.3, -0.25) is 0 Å².